The Morgan fingerprint density at radius 3 is 1.82 bits per heavy atom. The molecule has 2 saturated carbocycles. The van der Waals surface area contributed by atoms with Crippen LogP contribution in [0.25, 0.3) is 0 Å². The number of fused-ring (bicyclic) bond motifs is 4. The van der Waals surface area contributed by atoms with E-state index in [0.29, 0.717) is 16.1 Å². The molecule has 7 atom stereocenters. The second kappa shape index (κ2) is 14.6. The van der Waals surface area contributed by atoms with Crippen LogP contribution in [-0.2, 0) is 0 Å². The molecule has 0 aromatic heterocycles. The van der Waals surface area contributed by atoms with Gasteiger partial charge in [0.1, 0.15) is 0 Å². The Labute approximate surface area is 240 Å². The minimum Gasteiger partial charge on any atom is -0.350 e. The molecule has 4 bridgehead atoms. The molecule has 38 heavy (non-hydrogen) atoms. The lowest BCUT2D eigenvalue weighted by Crippen LogP contribution is -2.30. The monoisotopic (exact) mass is 557 g/mol. The van der Waals surface area contributed by atoms with Crippen LogP contribution in [0.2, 0.25) is 0 Å². The van der Waals surface area contributed by atoms with Crippen molar-refractivity contribution < 1.29 is 9.59 Å². The van der Waals surface area contributed by atoms with Gasteiger partial charge in [-0.1, -0.05) is 70.9 Å². The number of nitrogens with one attached hydrogen (secondary N) is 1. The number of Topliss-reactive ketones (excluding diaryl/α,β-unsaturated/α-hetero) is 1. The summed E-state index contributed by atoms with van der Waals surface area (Å²) in [7, 11) is 0. The van der Waals surface area contributed by atoms with Gasteiger partial charge in [0.2, 0.25) is 0 Å². The molecule has 5 heteroatoms. The second-order valence-electron chi connectivity index (χ2n) is 12.9. The molecule has 1 N–H and O–H groups in total. The van der Waals surface area contributed by atoms with Gasteiger partial charge in [-0.2, -0.15) is 23.5 Å². The molecule has 3 aliphatic rings. The van der Waals surface area contributed by atoms with Crippen molar-refractivity contribution in [3.05, 3.63) is 35.4 Å². The van der Waals surface area contributed by atoms with Gasteiger partial charge >= 0.3 is 0 Å². The lowest BCUT2D eigenvalue weighted by molar-refractivity contribution is 0.0932. The molecule has 1 saturated heterocycles. The summed E-state index contributed by atoms with van der Waals surface area (Å²) in [6, 6.07) is 7.50. The number of ketones is 1. The molecule has 1 amide bonds. The van der Waals surface area contributed by atoms with Crippen LogP contribution in [0.4, 0.5) is 0 Å². The van der Waals surface area contributed by atoms with Crippen molar-refractivity contribution >= 4 is 35.2 Å². The molecule has 3 fully saturated rings. The van der Waals surface area contributed by atoms with Gasteiger partial charge in [-0.3, -0.25) is 9.59 Å². The van der Waals surface area contributed by atoms with Crippen LogP contribution in [0, 0.1) is 29.6 Å². The number of hydrogen-bond acceptors (Lipinski definition) is 4. The minimum absolute atomic E-state index is 0.0439. The Kier molecular flexibility index (Phi) is 11.6. The fourth-order valence-electron chi connectivity index (χ4n) is 6.94. The number of carbonyl (C=O) groups is 2. The number of amides is 1. The summed E-state index contributed by atoms with van der Waals surface area (Å²) in [4.78, 5) is 26.2. The zero-order valence-corrected chi connectivity index (χ0v) is 25.9. The highest BCUT2D eigenvalue weighted by Crippen LogP contribution is 2.42. The minimum atomic E-state index is -0.0720. The average molecular weight is 558 g/mol. The lowest BCUT2D eigenvalue weighted by Gasteiger charge is -2.34. The van der Waals surface area contributed by atoms with Crippen LogP contribution in [0.3, 0.4) is 0 Å². The van der Waals surface area contributed by atoms with Crippen LogP contribution >= 0.6 is 23.5 Å². The second-order valence-corrected chi connectivity index (χ2v) is 15.6. The summed E-state index contributed by atoms with van der Waals surface area (Å²) in [5.41, 5.74) is 1.39. The van der Waals surface area contributed by atoms with Gasteiger partial charge in [0, 0.05) is 45.1 Å². The molecular formula is C33H51NO2S2. The molecule has 0 spiro atoms. The molecule has 1 aromatic rings. The lowest BCUT2D eigenvalue weighted by atomic mass is 9.76. The Morgan fingerprint density at radius 1 is 0.737 bits per heavy atom. The van der Waals surface area contributed by atoms with Gasteiger partial charge in [0.25, 0.3) is 5.91 Å². The SMILES string of the molecule is CC(C)NC(=O)c1ccc(C(=O)C2CSC3CCCC[C@H](C3)[C@H](C)CC[C@H](C)[C@H]3CCCC(C3)SC2)cc1. The standard InChI is InChI=1S/C33H51NO2S2/c1-22(2)34-33(36)26-16-14-25(15-17-26)32(35)29-20-37-30-10-6-5-8-27(18-30)23(3)12-13-24(4)28-9-7-11-31(19-28)38-21-29/h14-17,22-24,27-31H,5-13,18-21H2,1-4H3,(H,34,36)/t23-,24+,27-,28+,29?,30?,31?/m1/s1. The van der Waals surface area contributed by atoms with Crippen LogP contribution in [0.1, 0.15) is 119 Å². The number of benzene rings is 1. The number of hydrogen-bond donors (Lipinski definition) is 1. The Hall–Kier alpha value is -0.940. The van der Waals surface area contributed by atoms with Gasteiger partial charge in [0.15, 0.2) is 5.78 Å². The first-order valence-electron chi connectivity index (χ1n) is 15.5. The van der Waals surface area contributed by atoms with Crippen LogP contribution in [-0.4, -0.2) is 39.7 Å². The van der Waals surface area contributed by atoms with E-state index in [4.69, 9.17) is 0 Å². The van der Waals surface area contributed by atoms with Gasteiger partial charge in [0.05, 0.1) is 0 Å². The molecule has 3 unspecified atom stereocenters. The van der Waals surface area contributed by atoms with E-state index in [0.717, 1.165) is 40.7 Å². The molecule has 1 heterocycles. The average Bonchev–Trinajstić information content (AvgIpc) is 3.16. The summed E-state index contributed by atoms with van der Waals surface area (Å²) >= 11 is 4.18. The van der Waals surface area contributed by atoms with E-state index < -0.39 is 0 Å². The highest BCUT2D eigenvalue weighted by Gasteiger charge is 2.32. The first kappa shape index (κ1) is 30.0. The summed E-state index contributed by atoms with van der Waals surface area (Å²) in [6.07, 6.45) is 14.9. The summed E-state index contributed by atoms with van der Waals surface area (Å²) in [5.74, 6) is 5.45. The van der Waals surface area contributed by atoms with Crippen molar-refractivity contribution in [2.24, 2.45) is 29.6 Å². The van der Waals surface area contributed by atoms with Crippen LogP contribution in [0.15, 0.2) is 24.3 Å². The van der Waals surface area contributed by atoms with E-state index in [1.807, 2.05) is 38.1 Å². The summed E-state index contributed by atoms with van der Waals surface area (Å²) in [5, 5.41) is 4.33. The predicted molar refractivity (Wildman–Crippen MR) is 165 cm³/mol. The summed E-state index contributed by atoms with van der Waals surface area (Å²) < 4.78 is 0. The van der Waals surface area contributed by atoms with Gasteiger partial charge < -0.3 is 5.32 Å². The van der Waals surface area contributed by atoms with E-state index in [1.54, 1.807) is 0 Å². The maximum atomic E-state index is 13.8. The predicted octanol–water partition coefficient (Wildman–Crippen LogP) is 8.66. The zero-order valence-electron chi connectivity index (χ0n) is 24.3. The van der Waals surface area contributed by atoms with Crippen molar-refractivity contribution in [2.75, 3.05) is 11.5 Å². The number of thioether (sulfide) groups is 2. The number of carbonyl (C=O) groups excluding carboxylic acids is 2. The third-order valence-corrected chi connectivity index (χ3v) is 12.5. The first-order chi connectivity index (χ1) is 18.3. The smallest absolute Gasteiger partial charge is 0.251 e. The Morgan fingerprint density at radius 2 is 1.24 bits per heavy atom. The van der Waals surface area contributed by atoms with Crippen LogP contribution < -0.4 is 5.32 Å². The Bertz CT molecular complexity index is 901. The summed E-state index contributed by atoms with van der Waals surface area (Å²) in [6.45, 7) is 8.98. The molecule has 2 aliphatic carbocycles. The highest BCUT2D eigenvalue weighted by molar-refractivity contribution is 8.00. The normalized spacial score (nSPS) is 33.4. The van der Waals surface area contributed by atoms with Crippen LogP contribution in [0.5, 0.6) is 0 Å². The quantitative estimate of drug-likeness (QED) is 0.376. The van der Waals surface area contributed by atoms with Gasteiger partial charge in [-0.05, 0) is 75.3 Å². The molecular weight excluding hydrogens is 507 g/mol. The highest BCUT2D eigenvalue weighted by atomic mass is 32.2. The maximum absolute atomic E-state index is 13.8. The maximum Gasteiger partial charge on any atom is 0.251 e. The third-order valence-electron chi connectivity index (χ3n) is 9.56. The van der Waals surface area contributed by atoms with E-state index >= 15 is 0 Å². The van der Waals surface area contributed by atoms with E-state index in [-0.39, 0.29) is 23.7 Å². The topological polar surface area (TPSA) is 46.2 Å². The largest absolute Gasteiger partial charge is 0.350 e. The van der Waals surface area contributed by atoms with Crippen molar-refractivity contribution in [3.63, 3.8) is 0 Å². The van der Waals surface area contributed by atoms with E-state index in [9.17, 15) is 9.59 Å². The molecule has 1 aromatic carbocycles. The molecule has 3 nitrogen and oxygen atoms in total. The fraction of sp³-hybridized carbons (Fsp3) is 0.758. The zero-order chi connectivity index (χ0) is 27.1. The van der Waals surface area contributed by atoms with Gasteiger partial charge in [-0.25, -0.2) is 0 Å². The molecule has 0 radical (unpaired) electrons. The third kappa shape index (κ3) is 8.53. The molecule has 1 aliphatic heterocycles. The van der Waals surface area contributed by atoms with E-state index in [1.165, 1.54) is 70.6 Å². The number of rotatable bonds is 4. The van der Waals surface area contributed by atoms with Crippen molar-refractivity contribution in [1.82, 2.24) is 5.32 Å². The fourth-order valence-corrected chi connectivity index (χ4v) is 10.1. The van der Waals surface area contributed by atoms with Crippen molar-refractivity contribution in [3.8, 4) is 0 Å². The Balaban J connectivity index is 1.50. The van der Waals surface area contributed by atoms with Crippen molar-refractivity contribution in [2.45, 2.75) is 115 Å². The first-order valence-corrected chi connectivity index (χ1v) is 17.6. The molecule has 212 valence electrons. The van der Waals surface area contributed by atoms with E-state index in [2.05, 4.69) is 42.7 Å². The van der Waals surface area contributed by atoms with Gasteiger partial charge in [-0.15, -0.1) is 0 Å². The molecule has 4 rings (SSSR count). The van der Waals surface area contributed by atoms with Crippen molar-refractivity contribution in [1.29, 1.82) is 0 Å².